The number of aliphatic imine (C=N–C) groups is 1. The predicted molar refractivity (Wildman–Crippen MR) is 109 cm³/mol. The molecule has 0 spiro atoms. The second kappa shape index (κ2) is 11.3. The Bertz CT molecular complexity index is 701. The van der Waals surface area contributed by atoms with Gasteiger partial charge in [-0.2, -0.15) is 0 Å². The van der Waals surface area contributed by atoms with Crippen molar-refractivity contribution in [2.45, 2.75) is 45.3 Å². The minimum Gasteiger partial charge on any atom is -0.377 e. The molecule has 7 nitrogen and oxygen atoms in total. The van der Waals surface area contributed by atoms with Gasteiger partial charge in [-0.15, -0.1) is 0 Å². The molecular weight excluding hydrogens is 364 g/mol. The van der Waals surface area contributed by atoms with Crippen LogP contribution in [-0.4, -0.2) is 53.0 Å². The van der Waals surface area contributed by atoms with E-state index in [0.29, 0.717) is 19.0 Å². The third-order valence-corrected chi connectivity index (χ3v) is 5.99. The Balaban J connectivity index is 1.71. The first-order chi connectivity index (χ1) is 13.0. The van der Waals surface area contributed by atoms with Gasteiger partial charge in [0.1, 0.15) is 0 Å². The average Bonchev–Trinajstić information content (AvgIpc) is 2.70. The van der Waals surface area contributed by atoms with E-state index >= 15 is 0 Å². The molecule has 1 aliphatic rings. The number of aryl methyl sites for hydroxylation is 1. The lowest BCUT2D eigenvalue weighted by atomic mass is 10.1. The maximum Gasteiger partial charge on any atom is 0.213 e. The molecular formula is C19H32N4O3S. The monoisotopic (exact) mass is 396 g/mol. The molecule has 1 saturated heterocycles. The Morgan fingerprint density at radius 3 is 2.67 bits per heavy atom. The van der Waals surface area contributed by atoms with E-state index in [4.69, 9.17) is 4.74 Å². The molecule has 0 amide bonds. The minimum absolute atomic E-state index is 0.00505. The number of guanidine groups is 1. The summed E-state index contributed by atoms with van der Waals surface area (Å²) in [5.74, 6) is 0.582. The summed E-state index contributed by atoms with van der Waals surface area (Å²) in [5.41, 5.74) is 2.50. The maximum atomic E-state index is 12.1. The average molecular weight is 397 g/mol. The number of hydrogen-bond acceptors (Lipinski definition) is 4. The standard InChI is InChI=1S/C19H32N4O3S/c1-3-16-8-4-5-9-17(16)14-22-19(20-2)21-11-13-27(24,25)23-15-18-10-6-7-12-26-18/h4-5,8-9,18,23H,3,6-7,10-15H2,1-2H3,(H2,20,21,22). The molecule has 3 N–H and O–H groups in total. The highest BCUT2D eigenvalue weighted by Crippen LogP contribution is 2.12. The minimum atomic E-state index is -3.34. The quantitative estimate of drug-likeness (QED) is 0.434. The lowest BCUT2D eigenvalue weighted by Gasteiger charge is -2.22. The van der Waals surface area contributed by atoms with Crippen LogP contribution in [0.15, 0.2) is 29.3 Å². The summed E-state index contributed by atoms with van der Waals surface area (Å²) in [6.07, 6.45) is 4.03. The van der Waals surface area contributed by atoms with Crippen molar-refractivity contribution in [1.82, 2.24) is 15.4 Å². The number of ether oxygens (including phenoxy) is 1. The van der Waals surface area contributed by atoms with Crippen LogP contribution in [0.2, 0.25) is 0 Å². The number of benzene rings is 1. The van der Waals surface area contributed by atoms with E-state index in [1.165, 1.54) is 11.1 Å². The largest absolute Gasteiger partial charge is 0.377 e. The lowest BCUT2D eigenvalue weighted by Crippen LogP contribution is -2.42. The van der Waals surface area contributed by atoms with Crippen molar-refractivity contribution in [2.24, 2.45) is 4.99 Å². The van der Waals surface area contributed by atoms with Gasteiger partial charge in [-0.3, -0.25) is 4.99 Å². The summed E-state index contributed by atoms with van der Waals surface area (Å²) in [6.45, 7) is 4.13. The second-order valence-electron chi connectivity index (χ2n) is 6.63. The van der Waals surface area contributed by atoms with E-state index in [0.717, 1.165) is 32.3 Å². The summed E-state index contributed by atoms with van der Waals surface area (Å²) in [7, 11) is -1.66. The van der Waals surface area contributed by atoms with Gasteiger partial charge in [-0.1, -0.05) is 31.2 Å². The molecule has 27 heavy (non-hydrogen) atoms. The second-order valence-corrected chi connectivity index (χ2v) is 8.56. The highest BCUT2D eigenvalue weighted by molar-refractivity contribution is 7.89. The first kappa shape index (κ1) is 21.7. The van der Waals surface area contributed by atoms with Gasteiger partial charge in [-0.05, 0) is 36.8 Å². The Hall–Kier alpha value is -1.64. The highest BCUT2D eigenvalue weighted by Gasteiger charge is 2.17. The molecule has 1 unspecified atom stereocenters. The molecule has 0 saturated carbocycles. The molecule has 0 bridgehead atoms. The van der Waals surface area contributed by atoms with Crippen LogP contribution in [0.25, 0.3) is 0 Å². The topological polar surface area (TPSA) is 91.8 Å². The maximum absolute atomic E-state index is 12.1. The van der Waals surface area contributed by atoms with Crippen LogP contribution in [0.3, 0.4) is 0 Å². The third-order valence-electron chi connectivity index (χ3n) is 4.64. The third kappa shape index (κ3) is 7.86. The molecule has 0 aliphatic carbocycles. The van der Waals surface area contributed by atoms with Crippen molar-refractivity contribution in [3.8, 4) is 0 Å². The van der Waals surface area contributed by atoms with Gasteiger partial charge in [0.2, 0.25) is 10.0 Å². The van der Waals surface area contributed by atoms with Crippen LogP contribution < -0.4 is 15.4 Å². The van der Waals surface area contributed by atoms with Crippen LogP contribution in [0.5, 0.6) is 0 Å². The summed E-state index contributed by atoms with van der Waals surface area (Å²) >= 11 is 0. The predicted octanol–water partition coefficient (Wildman–Crippen LogP) is 1.40. The zero-order valence-corrected chi connectivity index (χ0v) is 17.1. The van der Waals surface area contributed by atoms with Gasteiger partial charge >= 0.3 is 0 Å². The number of nitrogens with one attached hydrogen (secondary N) is 3. The Kier molecular flexibility index (Phi) is 9.03. The number of hydrogen-bond donors (Lipinski definition) is 3. The Morgan fingerprint density at radius 1 is 1.22 bits per heavy atom. The molecule has 1 atom stereocenters. The normalized spacial score (nSPS) is 18.3. The van der Waals surface area contributed by atoms with Gasteiger partial charge in [0.05, 0.1) is 11.9 Å². The van der Waals surface area contributed by atoms with Crippen LogP contribution in [0.4, 0.5) is 0 Å². The number of sulfonamides is 1. The van der Waals surface area contributed by atoms with Gasteiger partial charge in [0.25, 0.3) is 0 Å². The molecule has 2 rings (SSSR count). The van der Waals surface area contributed by atoms with Crippen molar-refractivity contribution in [3.05, 3.63) is 35.4 Å². The highest BCUT2D eigenvalue weighted by atomic mass is 32.2. The van der Waals surface area contributed by atoms with Gasteiger partial charge < -0.3 is 15.4 Å². The lowest BCUT2D eigenvalue weighted by molar-refractivity contribution is 0.0200. The van der Waals surface area contributed by atoms with Crippen LogP contribution in [0.1, 0.15) is 37.3 Å². The fourth-order valence-corrected chi connectivity index (χ4v) is 3.99. The summed E-state index contributed by atoms with van der Waals surface area (Å²) in [6, 6.07) is 8.24. The van der Waals surface area contributed by atoms with Crippen molar-refractivity contribution in [2.75, 3.05) is 32.5 Å². The van der Waals surface area contributed by atoms with Crippen molar-refractivity contribution >= 4 is 16.0 Å². The fourth-order valence-electron chi connectivity index (χ4n) is 3.04. The van der Waals surface area contributed by atoms with E-state index in [1.54, 1.807) is 7.05 Å². The zero-order valence-electron chi connectivity index (χ0n) is 16.3. The summed E-state index contributed by atoms with van der Waals surface area (Å²) < 4.78 is 32.5. The van der Waals surface area contributed by atoms with E-state index < -0.39 is 10.0 Å². The summed E-state index contributed by atoms with van der Waals surface area (Å²) in [5, 5.41) is 6.29. The molecule has 0 radical (unpaired) electrons. The molecule has 0 aromatic heterocycles. The zero-order chi connectivity index (χ0) is 19.5. The van der Waals surface area contributed by atoms with Crippen LogP contribution in [-0.2, 0) is 27.7 Å². The fraction of sp³-hybridized carbons (Fsp3) is 0.632. The SMILES string of the molecule is CCc1ccccc1CNC(=NC)NCCS(=O)(=O)NCC1CCCCO1. The van der Waals surface area contributed by atoms with Gasteiger partial charge in [-0.25, -0.2) is 13.1 Å². The van der Waals surface area contributed by atoms with Crippen molar-refractivity contribution in [1.29, 1.82) is 0 Å². The van der Waals surface area contributed by atoms with Crippen molar-refractivity contribution in [3.63, 3.8) is 0 Å². The Labute approximate surface area is 163 Å². The first-order valence-electron chi connectivity index (χ1n) is 9.64. The first-order valence-corrected chi connectivity index (χ1v) is 11.3. The molecule has 1 aromatic rings. The van der Waals surface area contributed by atoms with Crippen LogP contribution >= 0.6 is 0 Å². The molecule has 1 fully saturated rings. The van der Waals surface area contributed by atoms with E-state index in [1.807, 2.05) is 12.1 Å². The number of nitrogens with zero attached hydrogens (tertiary/aromatic N) is 1. The summed E-state index contributed by atoms with van der Waals surface area (Å²) in [4.78, 5) is 4.16. The number of rotatable bonds is 9. The van der Waals surface area contributed by atoms with E-state index in [2.05, 4.69) is 39.4 Å². The molecule has 1 aliphatic heterocycles. The smallest absolute Gasteiger partial charge is 0.213 e. The van der Waals surface area contributed by atoms with Crippen molar-refractivity contribution < 1.29 is 13.2 Å². The van der Waals surface area contributed by atoms with Gasteiger partial charge in [0.15, 0.2) is 5.96 Å². The Morgan fingerprint density at radius 2 is 2.00 bits per heavy atom. The van der Waals surface area contributed by atoms with Gasteiger partial charge in [0, 0.05) is 33.3 Å². The molecule has 1 aromatic carbocycles. The molecule has 152 valence electrons. The van der Waals surface area contributed by atoms with E-state index in [-0.39, 0.29) is 18.4 Å². The molecule has 1 heterocycles. The van der Waals surface area contributed by atoms with Crippen LogP contribution in [0, 0.1) is 0 Å². The van der Waals surface area contributed by atoms with E-state index in [9.17, 15) is 8.42 Å². The molecule has 8 heteroatoms.